The third kappa shape index (κ3) is 5.31. The van der Waals surface area contributed by atoms with E-state index in [9.17, 15) is 9.59 Å². The predicted octanol–water partition coefficient (Wildman–Crippen LogP) is 1.87. The summed E-state index contributed by atoms with van der Waals surface area (Å²) in [4.78, 5) is 31.4. The average molecular weight is 409 g/mol. The van der Waals surface area contributed by atoms with Crippen LogP contribution in [0.1, 0.15) is 31.2 Å². The largest absolute Gasteiger partial charge is 0.378 e. The Morgan fingerprint density at radius 1 is 1.32 bits per heavy atom. The monoisotopic (exact) mass is 408 g/mol. The van der Waals surface area contributed by atoms with Gasteiger partial charge >= 0.3 is 0 Å². The molecule has 8 heteroatoms. The van der Waals surface area contributed by atoms with Crippen LogP contribution in [0.3, 0.4) is 0 Å². The van der Waals surface area contributed by atoms with Crippen LogP contribution in [0, 0.1) is 6.92 Å². The molecule has 1 saturated heterocycles. The quantitative estimate of drug-likeness (QED) is 0.706. The molecular weight excluding hydrogens is 380 g/mol. The van der Waals surface area contributed by atoms with Gasteiger partial charge < -0.3 is 15.4 Å². The van der Waals surface area contributed by atoms with Gasteiger partial charge in [0.2, 0.25) is 5.91 Å². The number of aryl methyl sites for hydroxylation is 2. The van der Waals surface area contributed by atoms with E-state index in [-0.39, 0.29) is 30.0 Å². The molecule has 0 spiro atoms. The second-order valence-corrected chi connectivity index (χ2v) is 7.06. The molecule has 0 unspecified atom stereocenters. The van der Waals surface area contributed by atoms with Crippen LogP contribution in [-0.2, 0) is 16.1 Å². The van der Waals surface area contributed by atoms with Gasteiger partial charge in [-0.05, 0) is 44.4 Å². The van der Waals surface area contributed by atoms with Crippen molar-refractivity contribution >= 4 is 29.2 Å². The van der Waals surface area contributed by atoms with Gasteiger partial charge in [0.25, 0.3) is 5.56 Å². The van der Waals surface area contributed by atoms with Gasteiger partial charge in [-0.25, -0.2) is 4.98 Å². The fraction of sp³-hybridized carbons (Fsp3) is 0.550. The maximum atomic E-state index is 12.6. The number of carbonyl (C=O) groups excluding carboxylic acids is 1. The van der Waals surface area contributed by atoms with Crippen molar-refractivity contribution in [2.24, 2.45) is 5.73 Å². The molecule has 28 heavy (non-hydrogen) atoms. The number of fused-ring (bicyclic) bond motifs is 1. The molecule has 2 heterocycles. The number of rotatable bonds is 7. The fourth-order valence-corrected chi connectivity index (χ4v) is 3.48. The van der Waals surface area contributed by atoms with E-state index in [1.165, 1.54) is 4.57 Å². The number of nitrogens with zero attached hydrogens (tertiary/aromatic N) is 3. The number of piperidine rings is 1. The minimum atomic E-state index is -0.0940. The molecule has 1 aromatic carbocycles. The van der Waals surface area contributed by atoms with Crippen LogP contribution in [0.25, 0.3) is 10.9 Å². The number of halogens is 1. The van der Waals surface area contributed by atoms with Crippen molar-refractivity contribution in [2.45, 2.75) is 45.3 Å². The minimum absolute atomic E-state index is 0. The molecule has 7 nitrogen and oxygen atoms in total. The molecule has 1 fully saturated rings. The summed E-state index contributed by atoms with van der Waals surface area (Å²) in [6.07, 6.45) is 4.64. The average Bonchev–Trinajstić information content (AvgIpc) is 2.68. The molecule has 1 aromatic heterocycles. The SMILES string of the molecule is Cc1cccc2c(=O)n(CCC(=O)N3CCC(OCCCN)CC3)cnc12.Cl. The first-order valence-electron chi connectivity index (χ1n) is 9.64. The lowest BCUT2D eigenvalue weighted by Gasteiger charge is -2.32. The van der Waals surface area contributed by atoms with E-state index in [0.717, 1.165) is 30.3 Å². The Balaban J connectivity index is 0.00000280. The first-order valence-corrected chi connectivity index (χ1v) is 9.64. The third-order valence-electron chi connectivity index (χ3n) is 5.12. The first kappa shape index (κ1) is 22.3. The van der Waals surface area contributed by atoms with E-state index in [4.69, 9.17) is 10.5 Å². The summed E-state index contributed by atoms with van der Waals surface area (Å²) in [6, 6.07) is 5.58. The molecule has 0 radical (unpaired) electrons. The van der Waals surface area contributed by atoms with E-state index in [0.29, 0.717) is 44.6 Å². The van der Waals surface area contributed by atoms with Crippen molar-refractivity contribution in [1.82, 2.24) is 14.5 Å². The highest BCUT2D eigenvalue weighted by Crippen LogP contribution is 2.15. The smallest absolute Gasteiger partial charge is 0.261 e. The normalized spacial score (nSPS) is 14.9. The molecule has 3 rings (SSSR count). The van der Waals surface area contributed by atoms with E-state index < -0.39 is 0 Å². The van der Waals surface area contributed by atoms with Crippen LogP contribution in [0.15, 0.2) is 29.3 Å². The molecular formula is C20H29ClN4O3. The van der Waals surface area contributed by atoms with Crippen molar-refractivity contribution in [1.29, 1.82) is 0 Å². The van der Waals surface area contributed by atoms with Gasteiger partial charge in [0.1, 0.15) is 0 Å². The summed E-state index contributed by atoms with van der Waals surface area (Å²) in [5.41, 5.74) is 7.08. The van der Waals surface area contributed by atoms with Crippen LogP contribution in [0.4, 0.5) is 0 Å². The zero-order valence-corrected chi connectivity index (χ0v) is 17.1. The lowest BCUT2D eigenvalue weighted by Crippen LogP contribution is -2.41. The lowest BCUT2D eigenvalue weighted by atomic mass is 10.1. The number of aromatic nitrogens is 2. The van der Waals surface area contributed by atoms with E-state index in [1.807, 2.05) is 24.0 Å². The number of nitrogens with two attached hydrogens (primary N) is 1. The predicted molar refractivity (Wildman–Crippen MR) is 112 cm³/mol. The molecule has 0 bridgehead atoms. The van der Waals surface area contributed by atoms with E-state index >= 15 is 0 Å². The molecule has 1 aliphatic heterocycles. The van der Waals surface area contributed by atoms with Gasteiger partial charge in [-0.15, -0.1) is 12.4 Å². The second kappa shape index (κ2) is 10.5. The fourth-order valence-electron chi connectivity index (χ4n) is 3.48. The molecule has 0 atom stereocenters. The summed E-state index contributed by atoms with van der Waals surface area (Å²) in [5.74, 6) is 0.0756. The summed E-state index contributed by atoms with van der Waals surface area (Å²) >= 11 is 0. The summed E-state index contributed by atoms with van der Waals surface area (Å²) in [5, 5.41) is 0.598. The second-order valence-electron chi connectivity index (χ2n) is 7.06. The number of benzene rings is 1. The molecule has 1 amide bonds. The number of ether oxygens (including phenoxy) is 1. The number of hydrogen-bond acceptors (Lipinski definition) is 5. The van der Waals surface area contributed by atoms with Crippen molar-refractivity contribution in [3.63, 3.8) is 0 Å². The van der Waals surface area contributed by atoms with Crippen LogP contribution in [0.2, 0.25) is 0 Å². The van der Waals surface area contributed by atoms with Crippen LogP contribution < -0.4 is 11.3 Å². The lowest BCUT2D eigenvalue weighted by molar-refractivity contribution is -0.134. The van der Waals surface area contributed by atoms with Crippen LogP contribution in [-0.4, -0.2) is 52.7 Å². The van der Waals surface area contributed by atoms with Crippen molar-refractivity contribution in [2.75, 3.05) is 26.2 Å². The Morgan fingerprint density at radius 3 is 2.79 bits per heavy atom. The Morgan fingerprint density at radius 2 is 2.07 bits per heavy atom. The number of para-hydroxylation sites is 1. The summed E-state index contributed by atoms with van der Waals surface area (Å²) < 4.78 is 7.31. The maximum Gasteiger partial charge on any atom is 0.261 e. The van der Waals surface area contributed by atoms with Crippen LogP contribution in [0.5, 0.6) is 0 Å². The Kier molecular flexibility index (Phi) is 8.41. The molecule has 1 aliphatic rings. The van der Waals surface area contributed by atoms with E-state index in [1.54, 1.807) is 12.4 Å². The summed E-state index contributed by atoms with van der Waals surface area (Å²) in [6.45, 7) is 5.02. The molecule has 154 valence electrons. The standard InChI is InChI=1S/C20H28N4O3.ClH/c1-15-4-2-5-17-19(15)22-14-24(20(17)26)12-8-18(25)23-10-6-16(7-11-23)27-13-3-9-21;/h2,4-5,14,16H,3,6-13,21H2,1H3;1H. The third-order valence-corrected chi connectivity index (χ3v) is 5.12. The summed E-state index contributed by atoms with van der Waals surface area (Å²) in [7, 11) is 0. The van der Waals surface area contributed by atoms with Gasteiger partial charge in [-0.2, -0.15) is 0 Å². The number of amides is 1. The zero-order chi connectivity index (χ0) is 19.2. The first-order chi connectivity index (χ1) is 13.1. The van der Waals surface area contributed by atoms with Gasteiger partial charge in [0, 0.05) is 32.7 Å². The molecule has 0 saturated carbocycles. The number of hydrogen-bond donors (Lipinski definition) is 1. The number of likely N-dealkylation sites (tertiary alicyclic amines) is 1. The minimum Gasteiger partial charge on any atom is -0.378 e. The highest BCUT2D eigenvalue weighted by molar-refractivity contribution is 5.85. The zero-order valence-electron chi connectivity index (χ0n) is 16.3. The molecule has 2 aromatic rings. The number of carbonyl (C=O) groups is 1. The highest BCUT2D eigenvalue weighted by atomic mass is 35.5. The van der Waals surface area contributed by atoms with E-state index in [2.05, 4.69) is 4.98 Å². The van der Waals surface area contributed by atoms with Gasteiger partial charge in [-0.1, -0.05) is 12.1 Å². The van der Waals surface area contributed by atoms with Crippen LogP contribution >= 0.6 is 12.4 Å². The van der Waals surface area contributed by atoms with Gasteiger partial charge in [0.15, 0.2) is 0 Å². The molecule has 0 aliphatic carbocycles. The highest BCUT2D eigenvalue weighted by Gasteiger charge is 2.23. The van der Waals surface area contributed by atoms with Crippen molar-refractivity contribution in [3.8, 4) is 0 Å². The van der Waals surface area contributed by atoms with Crippen molar-refractivity contribution in [3.05, 3.63) is 40.4 Å². The van der Waals surface area contributed by atoms with Gasteiger partial charge in [-0.3, -0.25) is 14.2 Å². The Hall–Kier alpha value is -1.96. The van der Waals surface area contributed by atoms with Gasteiger partial charge in [0.05, 0.1) is 23.3 Å². The Labute approximate surface area is 171 Å². The van der Waals surface area contributed by atoms with Crippen molar-refractivity contribution < 1.29 is 9.53 Å². The molecule has 2 N–H and O–H groups in total. The maximum absolute atomic E-state index is 12.6. The topological polar surface area (TPSA) is 90.5 Å². The Bertz CT molecular complexity index is 847.